The van der Waals surface area contributed by atoms with Gasteiger partial charge in [-0.3, -0.25) is 4.79 Å². The van der Waals surface area contributed by atoms with Gasteiger partial charge in [0.2, 0.25) is 0 Å². The SMILES string of the molecule is Nc1ccc(Br)c(NC(=O)c2cccc(Br)c2F)c1. The number of anilines is 2. The van der Waals surface area contributed by atoms with Gasteiger partial charge >= 0.3 is 0 Å². The van der Waals surface area contributed by atoms with E-state index in [-0.39, 0.29) is 10.0 Å². The molecule has 1 amide bonds. The first-order chi connectivity index (χ1) is 8.99. The van der Waals surface area contributed by atoms with Gasteiger partial charge in [0.25, 0.3) is 5.91 Å². The fourth-order valence-electron chi connectivity index (χ4n) is 1.51. The lowest BCUT2D eigenvalue weighted by atomic mass is 10.2. The maximum Gasteiger partial charge on any atom is 0.258 e. The number of carbonyl (C=O) groups is 1. The Hall–Kier alpha value is -1.40. The monoisotopic (exact) mass is 386 g/mol. The highest BCUT2D eigenvalue weighted by Gasteiger charge is 2.15. The molecule has 0 unspecified atom stereocenters. The van der Waals surface area contributed by atoms with E-state index in [9.17, 15) is 9.18 Å². The quantitative estimate of drug-likeness (QED) is 0.759. The van der Waals surface area contributed by atoms with E-state index in [1.807, 2.05) is 0 Å². The molecule has 0 aromatic heterocycles. The van der Waals surface area contributed by atoms with Gasteiger partial charge in [0.05, 0.1) is 15.7 Å². The molecule has 19 heavy (non-hydrogen) atoms. The van der Waals surface area contributed by atoms with Gasteiger partial charge in [0.15, 0.2) is 0 Å². The number of rotatable bonds is 2. The summed E-state index contributed by atoms with van der Waals surface area (Å²) in [7, 11) is 0. The van der Waals surface area contributed by atoms with Crippen LogP contribution >= 0.6 is 31.9 Å². The lowest BCUT2D eigenvalue weighted by molar-refractivity contribution is 0.102. The zero-order valence-corrected chi connectivity index (χ0v) is 12.8. The predicted octanol–water partition coefficient (Wildman–Crippen LogP) is 4.19. The van der Waals surface area contributed by atoms with Gasteiger partial charge in [-0.05, 0) is 62.2 Å². The predicted molar refractivity (Wildman–Crippen MR) is 80.6 cm³/mol. The molecule has 2 aromatic rings. The Balaban J connectivity index is 2.31. The second kappa shape index (κ2) is 5.71. The van der Waals surface area contributed by atoms with Crippen LogP contribution in [-0.2, 0) is 0 Å². The standard InChI is InChI=1S/C13H9Br2FN2O/c14-9-5-4-7(17)6-11(9)18-13(19)8-2-1-3-10(15)12(8)16/h1-6H,17H2,(H,18,19). The summed E-state index contributed by atoms with van der Waals surface area (Å²) >= 11 is 6.33. The maximum absolute atomic E-state index is 13.8. The van der Waals surface area contributed by atoms with Crippen LogP contribution in [0.1, 0.15) is 10.4 Å². The van der Waals surface area contributed by atoms with E-state index in [1.54, 1.807) is 24.3 Å². The zero-order valence-electron chi connectivity index (χ0n) is 9.58. The second-order valence-electron chi connectivity index (χ2n) is 3.79. The molecule has 0 aliphatic carbocycles. The number of halogens is 3. The van der Waals surface area contributed by atoms with Crippen molar-refractivity contribution < 1.29 is 9.18 Å². The smallest absolute Gasteiger partial charge is 0.258 e. The molecule has 0 aliphatic rings. The number of nitrogens with two attached hydrogens (primary N) is 1. The fourth-order valence-corrected chi connectivity index (χ4v) is 2.22. The van der Waals surface area contributed by atoms with Gasteiger partial charge in [-0.25, -0.2) is 4.39 Å². The molecule has 98 valence electrons. The van der Waals surface area contributed by atoms with E-state index in [0.29, 0.717) is 15.8 Å². The summed E-state index contributed by atoms with van der Waals surface area (Å²) in [4.78, 5) is 12.0. The molecule has 0 radical (unpaired) electrons. The van der Waals surface area contributed by atoms with E-state index >= 15 is 0 Å². The molecule has 0 spiro atoms. The largest absolute Gasteiger partial charge is 0.399 e. The van der Waals surface area contributed by atoms with Crippen molar-refractivity contribution in [2.75, 3.05) is 11.1 Å². The molecule has 0 fully saturated rings. The van der Waals surface area contributed by atoms with E-state index in [2.05, 4.69) is 37.2 Å². The van der Waals surface area contributed by atoms with Crippen LogP contribution in [0.2, 0.25) is 0 Å². The van der Waals surface area contributed by atoms with Crippen LogP contribution in [0.4, 0.5) is 15.8 Å². The number of nitrogen functional groups attached to an aromatic ring is 1. The van der Waals surface area contributed by atoms with Crippen molar-refractivity contribution in [1.82, 2.24) is 0 Å². The summed E-state index contributed by atoms with van der Waals surface area (Å²) in [6.45, 7) is 0. The molecule has 2 rings (SSSR count). The average molecular weight is 388 g/mol. The highest BCUT2D eigenvalue weighted by Crippen LogP contribution is 2.26. The van der Waals surface area contributed by atoms with Crippen LogP contribution in [0, 0.1) is 5.82 Å². The summed E-state index contributed by atoms with van der Waals surface area (Å²) in [6, 6.07) is 9.54. The van der Waals surface area contributed by atoms with Gasteiger partial charge in [0, 0.05) is 10.2 Å². The molecule has 0 saturated heterocycles. The highest BCUT2D eigenvalue weighted by atomic mass is 79.9. The van der Waals surface area contributed by atoms with E-state index in [0.717, 1.165) is 0 Å². The Morgan fingerprint density at radius 3 is 2.63 bits per heavy atom. The third-order valence-corrected chi connectivity index (χ3v) is 3.74. The molecule has 2 aromatic carbocycles. The van der Waals surface area contributed by atoms with Crippen LogP contribution in [0.25, 0.3) is 0 Å². The van der Waals surface area contributed by atoms with Crippen LogP contribution < -0.4 is 11.1 Å². The third kappa shape index (κ3) is 3.13. The van der Waals surface area contributed by atoms with Crippen LogP contribution in [0.3, 0.4) is 0 Å². The molecule has 0 bridgehead atoms. The van der Waals surface area contributed by atoms with Crippen LogP contribution in [0.15, 0.2) is 45.3 Å². The summed E-state index contributed by atoms with van der Waals surface area (Å²) in [5.41, 5.74) is 6.60. The Kier molecular flexibility index (Phi) is 4.21. The van der Waals surface area contributed by atoms with Gasteiger partial charge in [-0.15, -0.1) is 0 Å². The lowest BCUT2D eigenvalue weighted by Crippen LogP contribution is -2.14. The van der Waals surface area contributed by atoms with Gasteiger partial charge < -0.3 is 11.1 Å². The molecule has 3 nitrogen and oxygen atoms in total. The molecule has 0 heterocycles. The van der Waals surface area contributed by atoms with Gasteiger partial charge in [0.1, 0.15) is 5.82 Å². The molecular weight excluding hydrogens is 379 g/mol. The van der Waals surface area contributed by atoms with Crippen molar-refractivity contribution in [3.63, 3.8) is 0 Å². The lowest BCUT2D eigenvalue weighted by Gasteiger charge is -2.09. The summed E-state index contributed by atoms with van der Waals surface area (Å²) in [5.74, 6) is -1.13. The minimum atomic E-state index is -0.597. The van der Waals surface area contributed by atoms with Gasteiger partial charge in [-0.2, -0.15) is 0 Å². The van der Waals surface area contributed by atoms with E-state index in [4.69, 9.17) is 5.73 Å². The van der Waals surface area contributed by atoms with Crippen LogP contribution in [-0.4, -0.2) is 5.91 Å². The van der Waals surface area contributed by atoms with Gasteiger partial charge in [-0.1, -0.05) is 6.07 Å². The number of hydrogen-bond acceptors (Lipinski definition) is 2. The van der Waals surface area contributed by atoms with Crippen LogP contribution in [0.5, 0.6) is 0 Å². The van der Waals surface area contributed by atoms with Crippen molar-refractivity contribution >= 4 is 49.1 Å². The maximum atomic E-state index is 13.8. The number of carbonyl (C=O) groups excluding carboxylic acids is 1. The molecule has 6 heteroatoms. The minimum Gasteiger partial charge on any atom is -0.399 e. The number of nitrogens with one attached hydrogen (secondary N) is 1. The Labute approximate surface area is 126 Å². The molecule has 3 N–H and O–H groups in total. The topological polar surface area (TPSA) is 55.1 Å². The summed E-state index contributed by atoms with van der Waals surface area (Å²) in [6.07, 6.45) is 0. The van der Waals surface area contributed by atoms with Crippen molar-refractivity contribution in [2.24, 2.45) is 0 Å². The number of amides is 1. The number of benzene rings is 2. The zero-order chi connectivity index (χ0) is 14.0. The normalized spacial score (nSPS) is 10.3. The highest BCUT2D eigenvalue weighted by molar-refractivity contribution is 9.10. The Bertz CT molecular complexity index is 647. The van der Waals surface area contributed by atoms with Crippen molar-refractivity contribution in [3.05, 3.63) is 56.7 Å². The molecule has 0 atom stereocenters. The van der Waals surface area contributed by atoms with Crippen molar-refractivity contribution in [2.45, 2.75) is 0 Å². The molecule has 0 aliphatic heterocycles. The molecule has 0 saturated carbocycles. The average Bonchev–Trinajstić information content (AvgIpc) is 2.37. The first-order valence-corrected chi connectivity index (χ1v) is 6.88. The summed E-state index contributed by atoms with van der Waals surface area (Å²) < 4.78 is 14.7. The molecular formula is C13H9Br2FN2O. The van der Waals surface area contributed by atoms with E-state index < -0.39 is 11.7 Å². The van der Waals surface area contributed by atoms with Crippen molar-refractivity contribution in [1.29, 1.82) is 0 Å². The summed E-state index contributed by atoms with van der Waals surface area (Å²) in [5, 5.41) is 2.61. The Morgan fingerprint density at radius 2 is 1.89 bits per heavy atom. The first-order valence-electron chi connectivity index (χ1n) is 5.29. The third-order valence-electron chi connectivity index (χ3n) is 2.43. The van der Waals surface area contributed by atoms with E-state index in [1.165, 1.54) is 12.1 Å². The second-order valence-corrected chi connectivity index (χ2v) is 5.50. The fraction of sp³-hybridized carbons (Fsp3) is 0. The minimum absolute atomic E-state index is 0.0382. The first kappa shape index (κ1) is 14.0. The Morgan fingerprint density at radius 1 is 1.16 bits per heavy atom. The van der Waals surface area contributed by atoms with Crippen molar-refractivity contribution in [3.8, 4) is 0 Å². The number of hydrogen-bond donors (Lipinski definition) is 2.